The number of nitrogens with one attached hydrogen (secondary N) is 1. The van der Waals surface area contributed by atoms with E-state index < -0.39 is 0 Å². The lowest BCUT2D eigenvalue weighted by Crippen LogP contribution is -2.13. The molecule has 108 valence electrons. The summed E-state index contributed by atoms with van der Waals surface area (Å²) in [5.41, 5.74) is 3.59. The molecule has 21 heavy (non-hydrogen) atoms. The standard InChI is InChI=1S/C17H18BrN3/c1-2-21-17-9-4-3-8-15(17)16(20-21)12-19-11-13-6-5-7-14(18)10-13/h3-10,19H,2,11-12H2,1H3. The average molecular weight is 344 g/mol. The van der Waals surface area contributed by atoms with Gasteiger partial charge < -0.3 is 5.32 Å². The summed E-state index contributed by atoms with van der Waals surface area (Å²) in [5, 5.41) is 9.42. The van der Waals surface area contributed by atoms with Gasteiger partial charge in [0.25, 0.3) is 0 Å². The molecule has 0 unspecified atom stereocenters. The molecule has 0 bridgehead atoms. The number of aromatic nitrogens is 2. The average Bonchev–Trinajstić information content (AvgIpc) is 2.86. The highest BCUT2D eigenvalue weighted by Gasteiger charge is 2.08. The van der Waals surface area contributed by atoms with Crippen molar-refractivity contribution in [1.29, 1.82) is 0 Å². The lowest BCUT2D eigenvalue weighted by molar-refractivity contribution is 0.631. The summed E-state index contributed by atoms with van der Waals surface area (Å²) in [6, 6.07) is 16.8. The van der Waals surface area contributed by atoms with E-state index in [-0.39, 0.29) is 0 Å². The van der Waals surface area contributed by atoms with Gasteiger partial charge in [-0.05, 0) is 30.7 Å². The molecule has 0 amide bonds. The van der Waals surface area contributed by atoms with Gasteiger partial charge in [-0.2, -0.15) is 5.10 Å². The topological polar surface area (TPSA) is 29.9 Å². The number of fused-ring (bicyclic) bond motifs is 1. The Morgan fingerprint density at radius 3 is 2.76 bits per heavy atom. The Kier molecular flexibility index (Phi) is 4.36. The van der Waals surface area contributed by atoms with Crippen LogP contribution in [0.4, 0.5) is 0 Å². The minimum Gasteiger partial charge on any atom is -0.307 e. The molecular weight excluding hydrogens is 326 g/mol. The van der Waals surface area contributed by atoms with E-state index in [1.165, 1.54) is 16.5 Å². The molecule has 3 aromatic rings. The number of hydrogen-bond donors (Lipinski definition) is 1. The first-order chi connectivity index (χ1) is 10.3. The van der Waals surface area contributed by atoms with Crippen molar-refractivity contribution < 1.29 is 0 Å². The molecule has 3 nitrogen and oxygen atoms in total. The van der Waals surface area contributed by atoms with Crippen LogP contribution >= 0.6 is 15.9 Å². The predicted octanol–water partition coefficient (Wildman–Crippen LogP) is 4.11. The number of halogens is 1. The van der Waals surface area contributed by atoms with Gasteiger partial charge in [-0.3, -0.25) is 4.68 Å². The van der Waals surface area contributed by atoms with Gasteiger partial charge in [-0.25, -0.2) is 0 Å². The molecule has 0 aliphatic heterocycles. The summed E-state index contributed by atoms with van der Waals surface area (Å²) in [7, 11) is 0. The lowest BCUT2D eigenvalue weighted by Gasteiger charge is -2.04. The molecule has 4 heteroatoms. The Morgan fingerprint density at radius 1 is 1.10 bits per heavy atom. The van der Waals surface area contributed by atoms with Gasteiger partial charge >= 0.3 is 0 Å². The number of para-hydroxylation sites is 1. The molecule has 0 fully saturated rings. The summed E-state index contributed by atoms with van der Waals surface area (Å²) in [6.07, 6.45) is 0. The summed E-state index contributed by atoms with van der Waals surface area (Å²) in [6.45, 7) is 4.64. The van der Waals surface area contributed by atoms with Crippen molar-refractivity contribution in [2.75, 3.05) is 0 Å². The number of nitrogens with zero attached hydrogens (tertiary/aromatic N) is 2. The van der Waals surface area contributed by atoms with Crippen LogP contribution in [0.1, 0.15) is 18.2 Å². The van der Waals surface area contributed by atoms with Crippen molar-refractivity contribution in [1.82, 2.24) is 15.1 Å². The molecule has 3 rings (SSSR count). The normalized spacial score (nSPS) is 11.1. The predicted molar refractivity (Wildman–Crippen MR) is 90.1 cm³/mol. The fraction of sp³-hybridized carbons (Fsp3) is 0.235. The van der Waals surface area contributed by atoms with E-state index in [1.54, 1.807) is 0 Å². The Bertz CT molecular complexity index is 749. The van der Waals surface area contributed by atoms with Gasteiger partial charge in [-0.15, -0.1) is 0 Å². The van der Waals surface area contributed by atoms with E-state index in [9.17, 15) is 0 Å². The molecule has 0 saturated carbocycles. The zero-order valence-corrected chi connectivity index (χ0v) is 13.6. The lowest BCUT2D eigenvalue weighted by atomic mass is 10.2. The second-order valence-corrected chi connectivity index (χ2v) is 5.93. The fourth-order valence-electron chi connectivity index (χ4n) is 2.54. The molecule has 0 spiro atoms. The third-order valence-corrected chi connectivity index (χ3v) is 4.04. The second-order valence-electron chi connectivity index (χ2n) is 5.01. The van der Waals surface area contributed by atoms with Crippen LogP contribution in [0.3, 0.4) is 0 Å². The van der Waals surface area contributed by atoms with E-state index in [0.717, 1.165) is 29.8 Å². The van der Waals surface area contributed by atoms with Crippen molar-refractivity contribution in [3.63, 3.8) is 0 Å². The van der Waals surface area contributed by atoms with Crippen molar-refractivity contribution in [3.8, 4) is 0 Å². The molecule has 0 aliphatic carbocycles. The Balaban J connectivity index is 1.73. The van der Waals surface area contributed by atoms with Gasteiger partial charge in [0.2, 0.25) is 0 Å². The van der Waals surface area contributed by atoms with Crippen molar-refractivity contribution in [3.05, 3.63) is 64.3 Å². The second kappa shape index (κ2) is 6.41. The van der Waals surface area contributed by atoms with E-state index in [1.807, 2.05) is 6.07 Å². The Hall–Kier alpha value is -1.65. The van der Waals surface area contributed by atoms with Gasteiger partial charge in [0.1, 0.15) is 0 Å². The summed E-state index contributed by atoms with van der Waals surface area (Å²) in [5.74, 6) is 0. The first-order valence-corrected chi connectivity index (χ1v) is 7.97. The van der Waals surface area contributed by atoms with Crippen LogP contribution in [0.5, 0.6) is 0 Å². The van der Waals surface area contributed by atoms with Crippen LogP contribution in [0.2, 0.25) is 0 Å². The fourth-order valence-corrected chi connectivity index (χ4v) is 2.99. The molecule has 1 aromatic heterocycles. The number of benzene rings is 2. The minimum atomic E-state index is 0.778. The summed E-state index contributed by atoms with van der Waals surface area (Å²) in [4.78, 5) is 0. The van der Waals surface area contributed by atoms with Gasteiger partial charge in [-0.1, -0.05) is 46.3 Å². The van der Waals surface area contributed by atoms with Crippen LogP contribution in [-0.2, 0) is 19.6 Å². The highest BCUT2D eigenvalue weighted by molar-refractivity contribution is 9.10. The largest absolute Gasteiger partial charge is 0.307 e. The number of hydrogen-bond acceptors (Lipinski definition) is 2. The van der Waals surface area contributed by atoms with Crippen LogP contribution in [0.25, 0.3) is 10.9 Å². The SMILES string of the molecule is CCn1nc(CNCc2cccc(Br)c2)c2ccccc21. The molecule has 1 N–H and O–H groups in total. The summed E-state index contributed by atoms with van der Waals surface area (Å²) >= 11 is 3.50. The van der Waals surface area contributed by atoms with Gasteiger partial charge in [0.15, 0.2) is 0 Å². The summed E-state index contributed by atoms with van der Waals surface area (Å²) < 4.78 is 3.17. The van der Waals surface area contributed by atoms with Crippen molar-refractivity contribution in [2.24, 2.45) is 0 Å². The first kappa shape index (κ1) is 14.3. The number of rotatable bonds is 5. The van der Waals surface area contributed by atoms with Gasteiger partial charge in [0.05, 0.1) is 11.2 Å². The highest BCUT2D eigenvalue weighted by Crippen LogP contribution is 2.18. The van der Waals surface area contributed by atoms with Crippen LogP contribution < -0.4 is 5.32 Å². The Morgan fingerprint density at radius 2 is 1.95 bits per heavy atom. The van der Waals surface area contributed by atoms with Crippen LogP contribution in [0.15, 0.2) is 53.0 Å². The molecule has 0 saturated heterocycles. The quantitative estimate of drug-likeness (QED) is 0.755. The maximum absolute atomic E-state index is 4.70. The minimum absolute atomic E-state index is 0.778. The molecule has 0 atom stereocenters. The van der Waals surface area contributed by atoms with E-state index >= 15 is 0 Å². The third kappa shape index (κ3) is 3.17. The zero-order chi connectivity index (χ0) is 14.7. The van der Waals surface area contributed by atoms with E-state index in [2.05, 4.69) is 75.3 Å². The monoisotopic (exact) mass is 343 g/mol. The zero-order valence-electron chi connectivity index (χ0n) is 12.0. The van der Waals surface area contributed by atoms with Crippen LogP contribution in [-0.4, -0.2) is 9.78 Å². The van der Waals surface area contributed by atoms with E-state index in [4.69, 9.17) is 5.10 Å². The molecular formula is C17H18BrN3. The Labute approximate surface area is 133 Å². The maximum Gasteiger partial charge on any atom is 0.0841 e. The smallest absolute Gasteiger partial charge is 0.0841 e. The first-order valence-electron chi connectivity index (χ1n) is 7.17. The maximum atomic E-state index is 4.70. The van der Waals surface area contributed by atoms with Crippen LogP contribution in [0, 0.1) is 0 Å². The van der Waals surface area contributed by atoms with E-state index in [0.29, 0.717) is 0 Å². The molecule has 1 heterocycles. The molecule has 0 radical (unpaired) electrons. The van der Waals surface area contributed by atoms with Crippen molar-refractivity contribution in [2.45, 2.75) is 26.6 Å². The highest BCUT2D eigenvalue weighted by atomic mass is 79.9. The molecule has 0 aliphatic rings. The van der Waals surface area contributed by atoms with Crippen molar-refractivity contribution >= 4 is 26.8 Å². The number of aryl methyl sites for hydroxylation is 1. The third-order valence-electron chi connectivity index (χ3n) is 3.54. The molecule has 2 aromatic carbocycles. The van der Waals surface area contributed by atoms with Gasteiger partial charge in [0, 0.05) is 29.5 Å².